The summed E-state index contributed by atoms with van der Waals surface area (Å²) in [5, 5.41) is 0.680. The van der Waals surface area contributed by atoms with Crippen molar-refractivity contribution in [2.24, 2.45) is 0 Å². The van der Waals surface area contributed by atoms with Gasteiger partial charge in [-0.3, -0.25) is 4.79 Å². The van der Waals surface area contributed by atoms with Gasteiger partial charge in [0.1, 0.15) is 0 Å². The van der Waals surface area contributed by atoms with E-state index < -0.39 is 0 Å². The summed E-state index contributed by atoms with van der Waals surface area (Å²) in [4.78, 5) is 11.9. The minimum atomic E-state index is 0.0705. The summed E-state index contributed by atoms with van der Waals surface area (Å²) in [5.41, 5.74) is 2.49. The highest BCUT2D eigenvalue weighted by molar-refractivity contribution is 6.31. The van der Waals surface area contributed by atoms with E-state index in [0.717, 1.165) is 11.1 Å². The molecule has 0 atom stereocenters. The van der Waals surface area contributed by atoms with Crippen molar-refractivity contribution in [1.82, 2.24) is 0 Å². The summed E-state index contributed by atoms with van der Waals surface area (Å²) in [6.45, 7) is 1.89. The highest BCUT2D eigenvalue weighted by Crippen LogP contribution is 2.17. The van der Waals surface area contributed by atoms with Gasteiger partial charge in [-0.15, -0.1) is 0 Å². The molecule has 2 aromatic rings. The summed E-state index contributed by atoms with van der Waals surface area (Å²) in [6, 6.07) is 7.10. The third-order valence-electron chi connectivity index (χ3n) is 2.42. The van der Waals surface area contributed by atoms with E-state index in [9.17, 15) is 4.79 Å². The molecule has 16 heavy (non-hydrogen) atoms. The van der Waals surface area contributed by atoms with Gasteiger partial charge in [0.2, 0.25) is 0 Å². The predicted molar refractivity (Wildman–Crippen MR) is 62.9 cm³/mol. The molecule has 82 valence electrons. The summed E-state index contributed by atoms with van der Waals surface area (Å²) in [6.07, 6.45) is 3.51. The van der Waals surface area contributed by atoms with Crippen LogP contribution >= 0.6 is 11.6 Å². The van der Waals surface area contributed by atoms with Gasteiger partial charge in [0.05, 0.1) is 12.5 Å². The van der Waals surface area contributed by atoms with Crippen LogP contribution in [0.5, 0.6) is 0 Å². The molecule has 0 radical (unpaired) electrons. The number of ketones is 1. The van der Waals surface area contributed by atoms with Crippen LogP contribution in [-0.4, -0.2) is 5.78 Å². The molecule has 0 fully saturated rings. The van der Waals surface area contributed by atoms with E-state index in [1.807, 2.05) is 13.0 Å². The molecule has 0 N–H and O–H groups in total. The smallest absolute Gasteiger partial charge is 0.167 e. The fourth-order valence-corrected chi connectivity index (χ4v) is 1.62. The number of halogens is 1. The van der Waals surface area contributed by atoms with Crippen LogP contribution in [0.2, 0.25) is 5.02 Å². The Morgan fingerprint density at radius 2 is 2.19 bits per heavy atom. The molecule has 0 spiro atoms. The van der Waals surface area contributed by atoms with Crippen molar-refractivity contribution < 1.29 is 9.21 Å². The zero-order valence-electron chi connectivity index (χ0n) is 8.87. The van der Waals surface area contributed by atoms with Crippen LogP contribution in [0.3, 0.4) is 0 Å². The Morgan fingerprint density at radius 3 is 2.81 bits per heavy atom. The molecular weight excluding hydrogens is 224 g/mol. The average Bonchev–Trinajstić information content (AvgIpc) is 2.74. The fraction of sp³-hybridized carbons (Fsp3) is 0.154. The van der Waals surface area contributed by atoms with Gasteiger partial charge < -0.3 is 4.42 Å². The SMILES string of the molecule is Cc1cc(C(=O)Cc2ccoc2)ccc1Cl. The van der Waals surface area contributed by atoms with Gasteiger partial charge in [0.25, 0.3) is 0 Å². The first-order chi connectivity index (χ1) is 7.66. The highest BCUT2D eigenvalue weighted by atomic mass is 35.5. The number of hydrogen-bond donors (Lipinski definition) is 0. The van der Waals surface area contributed by atoms with Crippen molar-refractivity contribution in [1.29, 1.82) is 0 Å². The minimum Gasteiger partial charge on any atom is -0.472 e. The largest absolute Gasteiger partial charge is 0.472 e. The van der Waals surface area contributed by atoms with Crippen molar-refractivity contribution in [3.63, 3.8) is 0 Å². The zero-order chi connectivity index (χ0) is 11.5. The topological polar surface area (TPSA) is 30.2 Å². The zero-order valence-corrected chi connectivity index (χ0v) is 9.62. The van der Waals surface area contributed by atoms with Crippen LogP contribution in [0.1, 0.15) is 21.5 Å². The molecule has 0 saturated carbocycles. The Labute approximate surface area is 98.8 Å². The number of furan rings is 1. The Morgan fingerprint density at radius 1 is 1.38 bits per heavy atom. The monoisotopic (exact) mass is 234 g/mol. The van der Waals surface area contributed by atoms with Crippen LogP contribution in [0, 0.1) is 6.92 Å². The van der Waals surface area contributed by atoms with Crippen molar-refractivity contribution in [3.05, 3.63) is 58.5 Å². The summed E-state index contributed by atoms with van der Waals surface area (Å²) < 4.78 is 4.92. The van der Waals surface area contributed by atoms with Gasteiger partial charge in [-0.2, -0.15) is 0 Å². The lowest BCUT2D eigenvalue weighted by Crippen LogP contribution is -2.02. The second-order valence-electron chi connectivity index (χ2n) is 3.70. The first-order valence-corrected chi connectivity index (χ1v) is 5.35. The molecule has 1 heterocycles. The first kappa shape index (κ1) is 11.0. The van der Waals surface area contributed by atoms with E-state index in [-0.39, 0.29) is 5.78 Å². The normalized spacial score (nSPS) is 10.4. The Bertz CT molecular complexity index is 501. The number of carbonyl (C=O) groups excluding carboxylic acids is 1. The third kappa shape index (κ3) is 2.34. The molecule has 2 rings (SSSR count). The van der Waals surface area contributed by atoms with Crippen molar-refractivity contribution in [2.75, 3.05) is 0 Å². The van der Waals surface area contributed by atoms with Crippen LogP contribution in [0.15, 0.2) is 41.2 Å². The maximum atomic E-state index is 11.9. The number of aryl methyl sites for hydroxylation is 1. The van der Waals surface area contributed by atoms with E-state index in [2.05, 4.69) is 0 Å². The van der Waals surface area contributed by atoms with E-state index in [4.69, 9.17) is 16.0 Å². The molecule has 0 aliphatic heterocycles. The van der Waals surface area contributed by atoms with Crippen LogP contribution < -0.4 is 0 Å². The molecule has 1 aromatic heterocycles. The van der Waals surface area contributed by atoms with Gasteiger partial charge in [-0.05, 0) is 42.3 Å². The Hall–Kier alpha value is -1.54. The number of benzene rings is 1. The molecule has 2 nitrogen and oxygen atoms in total. The Balaban J connectivity index is 2.18. The second kappa shape index (κ2) is 4.54. The van der Waals surface area contributed by atoms with E-state index in [1.165, 1.54) is 0 Å². The van der Waals surface area contributed by atoms with Crippen molar-refractivity contribution in [3.8, 4) is 0 Å². The molecule has 1 aromatic carbocycles. The first-order valence-electron chi connectivity index (χ1n) is 4.97. The quantitative estimate of drug-likeness (QED) is 0.759. The lowest BCUT2D eigenvalue weighted by molar-refractivity contribution is 0.0992. The standard InChI is InChI=1S/C13H11ClO2/c1-9-6-11(2-3-12(9)14)13(15)7-10-4-5-16-8-10/h2-6,8H,7H2,1H3. The number of Topliss-reactive ketones (excluding diaryl/α,β-unsaturated/α-hetero) is 1. The van der Waals surface area contributed by atoms with Gasteiger partial charge >= 0.3 is 0 Å². The van der Waals surface area contributed by atoms with Crippen molar-refractivity contribution >= 4 is 17.4 Å². The number of hydrogen-bond acceptors (Lipinski definition) is 2. The molecule has 3 heteroatoms. The molecule has 0 aliphatic rings. The van der Waals surface area contributed by atoms with E-state index >= 15 is 0 Å². The predicted octanol–water partition coefficient (Wildman–Crippen LogP) is 3.67. The average molecular weight is 235 g/mol. The second-order valence-corrected chi connectivity index (χ2v) is 4.10. The summed E-state index contributed by atoms with van der Waals surface area (Å²) in [7, 11) is 0. The minimum absolute atomic E-state index is 0.0705. The van der Waals surface area contributed by atoms with E-state index in [1.54, 1.807) is 30.7 Å². The lowest BCUT2D eigenvalue weighted by Gasteiger charge is -2.02. The molecule has 0 bridgehead atoms. The van der Waals surface area contributed by atoms with Gasteiger partial charge in [-0.25, -0.2) is 0 Å². The van der Waals surface area contributed by atoms with Gasteiger partial charge in [0, 0.05) is 17.0 Å². The number of rotatable bonds is 3. The van der Waals surface area contributed by atoms with Crippen LogP contribution in [0.25, 0.3) is 0 Å². The highest BCUT2D eigenvalue weighted by Gasteiger charge is 2.08. The van der Waals surface area contributed by atoms with Crippen molar-refractivity contribution in [2.45, 2.75) is 13.3 Å². The lowest BCUT2D eigenvalue weighted by atomic mass is 10.0. The van der Waals surface area contributed by atoms with Crippen LogP contribution in [-0.2, 0) is 6.42 Å². The molecule has 0 amide bonds. The maximum absolute atomic E-state index is 11.9. The molecule has 0 saturated heterocycles. The van der Waals surface area contributed by atoms with Gasteiger partial charge in [-0.1, -0.05) is 11.6 Å². The Kier molecular flexibility index (Phi) is 3.11. The fourth-order valence-electron chi connectivity index (χ4n) is 1.50. The van der Waals surface area contributed by atoms with Crippen LogP contribution in [0.4, 0.5) is 0 Å². The molecular formula is C13H11ClO2. The summed E-state index contributed by atoms with van der Waals surface area (Å²) in [5.74, 6) is 0.0705. The molecule has 0 unspecified atom stereocenters. The number of carbonyl (C=O) groups is 1. The maximum Gasteiger partial charge on any atom is 0.167 e. The van der Waals surface area contributed by atoms with Gasteiger partial charge in [0.15, 0.2) is 5.78 Å². The molecule has 0 aliphatic carbocycles. The summed E-state index contributed by atoms with van der Waals surface area (Å²) >= 11 is 5.90. The third-order valence-corrected chi connectivity index (χ3v) is 2.85. The van der Waals surface area contributed by atoms with E-state index in [0.29, 0.717) is 17.0 Å².